The first-order valence-corrected chi connectivity index (χ1v) is 7.82. The third kappa shape index (κ3) is 3.51. The van der Waals surface area contributed by atoms with E-state index in [2.05, 4.69) is 24.1 Å². The summed E-state index contributed by atoms with van der Waals surface area (Å²) in [5.74, 6) is 1.27. The van der Waals surface area contributed by atoms with Crippen molar-refractivity contribution in [3.63, 3.8) is 0 Å². The van der Waals surface area contributed by atoms with Gasteiger partial charge < -0.3 is 10.2 Å². The van der Waals surface area contributed by atoms with Crippen molar-refractivity contribution < 1.29 is 4.39 Å². The molecular formula is C17H27FN2. The average molecular weight is 278 g/mol. The van der Waals surface area contributed by atoms with E-state index in [1.807, 2.05) is 19.2 Å². The van der Waals surface area contributed by atoms with Gasteiger partial charge >= 0.3 is 0 Å². The fourth-order valence-electron chi connectivity index (χ4n) is 3.47. The van der Waals surface area contributed by atoms with Crippen molar-refractivity contribution >= 4 is 5.69 Å². The van der Waals surface area contributed by atoms with Gasteiger partial charge in [-0.2, -0.15) is 0 Å². The number of para-hydroxylation sites is 1. The number of hydrogen-bond donors (Lipinski definition) is 1. The minimum atomic E-state index is -0.112. The molecule has 0 bridgehead atoms. The van der Waals surface area contributed by atoms with E-state index in [1.165, 1.54) is 19.3 Å². The van der Waals surface area contributed by atoms with Crippen molar-refractivity contribution in [3.05, 3.63) is 30.1 Å². The molecule has 1 aromatic carbocycles. The fraction of sp³-hybridized carbons (Fsp3) is 0.647. The summed E-state index contributed by atoms with van der Waals surface area (Å²) in [7, 11) is 2.05. The molecule has 0 spiro atoms. The highest BCUT2D eigenvalue weighted by molar-refractivity contribution is 5.47. The van der Waals surface area contributed by atoms with E-state index in [4.69, 9.17) is 0 Å². The second-order valence-electron chi connectivity index (χ2n) is 6.06. The van der Waals surface area contributed by atoms with E-state index in [0.717, 1.165) is 24.7 Å². The lowest BCUT2D eigenvalue weighted by Gasteiger charge is -2.38. The molecule has 3 heteroatoms. The van der Waals surface area contributed by atoms with Gasteiger partial charge in [0.05, 0.1) is 5.69 Å². The molecule has 2 nitrogen and oxygen atoms in total. The van der Waals surface area contributed by atoms with Crippen molar-refractivity contribution in [3.8, 4) is 0 Å². The van der Waals surface area contributed by atoms with Gasteiger partial charge in [0.15, 0.2) is 0 Å². The smallest absolute Gasteiger partial charge is 0.146 e. The topological polar surface area (TPSA) is 15.3 Å². The van der Waals surface area contributed by atoms with Gasteiger partial charge in [-0.15, -0.1) is 0 Å². The minimum absolute atomic E-state index is 0.112. The van der Waals surface area contributed by atoms with E-state index in [-0.39, 0.29) is 5.82 Å². The maximum Gasteiger partial charge on any atom is 0.146 e. The Morgan fingerprint density at radius 2 is 2.05 bits per heavy atom. The van der Waals surface area contributed by atoms with Crippen LogP contribution < -0.4 is 10.2 Å². The average Bonchev–Trinajstić information content (AvgIpc) is 2.46. The predicted octanol–water partition coefficient (Wildman–Crippen LogP) is 3.68. The summed E-state index contributed by atoms with van der Waals surface area (Å²) in [5.41, 5.74) is 0.739. The maximum atomic E-state index is 14.0. The van der Waals surface area contributed by atoms with Crippen LogP contribution in [0.3, 0.4) is 0 Å². The van der Waals surface area contributed by atoms with Gasteiger partial charge in [0.2, 0.25) is 0 Å². The molecule has 20 heavy (non-hydrogen) atoms. The highest BCUT2D eigenvalue weighted by Crippen LogP contribution is 2.31. The molecule has 1 aliphatic rings. The van der Waals surface area contributed by atoms with Crippen LogP contribution in [0, 0.1) is 17.7 Å². The van der Waals surface area contributed by atoms with Gasteiger partial charge in [0.25, 0.3) is 0 Å². The Labute approximate surface area is 122 Å². The van der Waals surface area contributed by atoms with E-state index < -0.39 is 0 Å². The van der Waals surface area contributed by atoms with Crippen LogP contribution in [0.1, 0.15) is 33.1 Å². The normalized spacial score (nSPS) is 26.5. The van der Waals surface area contributed by atoms with Crippen LogP contribution in [-0.2, 0) is 0 Å². The van der Waals surface area contributed by atoms with E-state index in [0.29, 0.717) is 12.0 Å². The van der Waals surface area contributed by atoms with E-state index in [1.54, 1.807) is 12.1 Å². The van der Waals surface area contributed by atoms with Crippen LogP contribution in [0.15, 0.2) is 24.3 Å². The lowest BCUT2D eigenvalue weighted by Crippen LogP contribution is -2.44. The van der Waals surface area contributed by atoms with Crippen LogP contribution in [0.2, 0.25) is 0 Å². The van der Waals surface area contributed by atoms with Crippen LogP contribution in [0.4, 0.5) is 10.1 Å². The summed E-state index contributed by atoms with van der Waals surface area (Å²) in [6.45, 7) is 6.22. The Morgan fingerprint density at radius 3 is 2.70 bits per heavy atom. The molecule has 1 saturated carbocycles. The minimum Gasteiger partial charge on any atom is -0.369 e. The number of nitrogens with one attached hydrogen (secondary N) is 1. The highest BCUT2D eigenvalue weighted by atomic mass is 19.1. The second kappa shape index (κ2) is 7.07. The quantitative estimate of drug-likeness (QED) is 0.884. The molecule has 112 valence electrons. The van der Waals surface area contributed by atoms with Crippen LogP contribution in [-0.4, -0.2) is 26.2 Å². The van der Waals surface area contributed by atoms with Crippen LogP contribution in [0.5, 0.6) is 0 Å². The summed E-state index contributed by atoms with van der Waals surface area (Å²) < 4.78 is 14.0. The monoisotopic (exact) mass is 278 g/mol. The Morgan fingerprint density at radius 1 is 1.30 bits per heavy atom. The molecule has 2 rings (SSSR count). The third-order valence-electron chi connectivity index (χ3n) is 4.65. The zero-order chi connectivity index (χ0) is 14.5. The number of nitrogens with zero attached hydrogens (tertiary/aromatic N) is 1. The van der Waals surface area contributed by atoms with Gasteiger partial charge in [-0.05, 0) is 57.2 Å². The summed E-state index contributed by atoms with van der Waals surface area (Å²) >= 11 is 0. The molecule has 1 aliphatic carbocycles. The van der Waals surface area contributed by atoms with E-state index in [9.17, 15) is 4.39 Å². The highest BCUT2D eigenvalue weighted by Gasteiger charge is 2.29. The van der Waals surface area contributed by atoms with Gasteiger partial charge in [0, 0.05) is 19.1 Å². The molecule has 3 atom stereocenters. The lowest BCUT2D eigenvalue weighted by atomic mass is 9.78. The summed E-state index contributed by atoms with van der Waals surface area (Å²) in [6.07, 6.45) is 3.77. The number of rotatable bonds is 5. The van der Waals surface area contributed by atoms with Crippen molar-refractivity contribution in [1.29, 1.82) is 0 Å². The molecule has 0 aliphatic heterocycles. The SMILES string of the molecule is CCN(CC1CC(C)CCC1NC)c1ccccc1F. The number of halogens is 1. The first-order chi connectivity index (χ1) is 9.65. The Bertz CT molecular complexity index is 421. The standard InChI is InChI=1S/C17H27FN2/c1-4-20(17-8-6-5-7-15(17)18)12-14-11-13(2)9-10-16(14)19-3/h5-8,13-14,16,19H,4,9-12H2,1-3H3. The molecule has 0 radical (unpaired) electrons. The zero-order valence-corrected chi connectivity index (χ0v) is 12.9. The van der Waals surface area contributed by atoms with Crippen molar-refractivity contribution in [2.45, 2.75) is 39.2 Å². The summed E-state index contributed by atoms with van der Waals surface area (Å²) in [4.78, 5) is 2.18. The molecule has 0 amide bonds. The third-order valence-corrected chi connectivity index (χ3v) is 4.65. The molecule has 0 aromatic heterocycles. The van der Waals surface area contributed by atoms with E-state index >= 15 is 0 Å². The van der Waals surface area contributed by atoms with Crippen LogP contribution in [0.25, 0.3) is 0 Å². The zero-order valence-electron chi connectivity index (χ0n) is 12.9. The van der Waals surface area contributed by atoms with Gasteiger partial charge in [-0.1, -0.05) is 19.1 Å². The molecule has 1 N–H and O–H groups in total. The van der Waals surface area contributed by atoms with Crippen molar-refractivity contribution in [1.82, 2.24) is 5.32 Å². The van der Waals surface area contributed by atoms with Crippen LogP contribution >= 0.6 is 0 Å². The lowest BCUT2D eigenvalue weighted by molar-refractivity contribution is 0.224. The molecular weight excluding hydrogens is 251 g/mol. The predicted molar refractivity (Wildman–Crippen MR) is 83.6 cm³/mol. The Kier molecular flexibility index (Phi) is 5.41. The molecule has 1 aromatic rings. The number of anilines is 1. The van der Waals surface area contributed by atoms with Gasteiger partial charge in [0.1, 0.15) is 5.82 Å². The number of hydrogen-bond acceptors (Lipinski definition) is 2. The number of benzene rings is 1. The molecule has 0 heterocycles. The van der Waals surface area contributed by atoms with Gasteiger partial charge in [-0.25, -0.2) is 4.39 Å². The first kappa shape index (κ1) is 15.3. The largest absolute Gasteiger partial charge is 0.369 e. The summed E-state index contributed by atoms with van der Waals surface area (Å²) in [6, 6.07) is 7.68. The maximum absolute atomic E-state index is 14.0. The Balaban J connectivity index is 2.10. The van der Waals surface area contributed by atoms with Crippen molar-refractivity contribution in [2.24, 2.45) is 11.8 Å². The first-order valence-electron chi connectivity index (χ1n) is 7.82. The fourth-order valence-corrected chi connectivity index (χ4v) is 3.47. The molecule has 3 unspecified atom stereocenters. The second-order valence-corrected chi connectivity index (χ2v) is 6.06. The van der Waals surface area contributed by atoms with Crippen molar-refractivity contribution in [2.75, 3.05) is 25.0 Å². The Hall–Kier alpha value is -1.09. The summed E-state index contributed by atoms with van der Waals surface area (Å²) in [5, 5.41) is 3.45. The van der Waals surface area contributed by atoms with Gasteiger partial charge in [-0.3, -0.25) is 0 Å². The molecule has 1 fully saturated rings. The molecule has 0 saturated heterocycles.